The molecule has 240 valence electrons. The Morgan fingerprint density at radius 3 is 2.68 bits per heavy atom. The highest BCUT2D eigenvalue weighted by molar-refractivity contribution is 7.76. The van der Waals surface area contributed by atoms with Crippen LogP contribution in [0, 0.1) is 11.8 Å². The minimum Gasteiger partial charge on any atom is -0.487 e. The van der Waals surface area contributed by atoms with Crippen LogP contribution in [0.1, 0.15) is 55.2 Å². The number of aryl methyl sites for hydroxylation is 1. The first kappa shape index (κ1) is 34.1. The van der Waals surface area contributed by atoms with Gasteiger partial charge in [0.25, 0.3) is 5.91 Å². The molecule has 4 rings (SSSR count). The number of nitrogens with zero attached hydrogens (tertiary/aromatic N) is 2. The molecular weight excluding hydrogens is 602 g/mol. The molecule has 2 aliphatic rings. The van der Waals surface area contributed by atoms with E-state index in [-0.39, 0.29) is 23.9 Å². The van der Waals surface area contributed by atoms with Crippen LogP contribution in [0.25, 0.3) is 0 Å². The van der Waals surface area contributed by atoms with Crippen molar-refractivity contribution in [3.8, 4) is 5.75 Å². The van der Waals surface area contributed by atoms with Gasteiger partial charge in [0.2, 0.25) is 11.3 Å². The van der Waals surface area contributed by atoms with Crippen LogP contribution in [0.5, 0.6) is 5.75 Å². The number of aliphatic hydroxyl groups excluding tert-OH is 1. The third kappa shape index (κ3) is 8.10. The molecule has 9 nitrogen and oxygen atoms in total. The zero-order valence-electron chi connectivity index (χ0n) is 25.1. The number of halogens is 1. The smallest absolute Gasteiger partial charge is 0.255 e. The van der Waals surface area contributed by atoms with Crippen LogP contribution in [-0.2, 0) is 34.7 Å². The third-order valence-corrected chi connectivity index (χ3v) is 9.90. The Balaban J connectivity index is 1.74. The maximum absolute atomic E-state index is 12.8. The van der Waals surface area contributed by atoms with Crippen LogP contribution in [0.3, 0.4) is 0 Å². The van der Waals surface area contributed by atoms with Crippen molar-refractivity contribution in [2.45, 2.75) is 63.3 Å². The predicted octanol–water partition coefficient (Wildman–Crippen LogP) is 4.71. The monoisotopic (exact) mass is 645 g/mol. The van der Waals surface area contributed by atoms with Crippen LogP contribution in [0.4, 0.5) is 5.69 Å². The molecule has 0 bridgehead atoms. The molecule has 0 spiro atoms. The molecule has 1 aliphatic heterocycles. The van der Waals surface area contributed by atoms with Gasteiger partial charge in [-0.2, -0.15) is 4.31 Å². The molecule has 1 saturated carbocycles. The molecule has 11 heteroatoms. The quantitative estimate of drug-likeness (QED) is 0.141. The number of ether oxygens (including phenoxy) is 1. The summed E-state index contributed by atoms with van der Waals surface area (Å²) in [6, 6.07) is 10.8. The van der Waals surface area contributed by atoms with Crippen LogP contribution in [0.2, 0.25) is 5.02 Å². The zero-order chi connectivity index (χ0) is 31.9. The van der Waals surface area contributed by atoms with Crippen molar-refractivity contribution in [2.75, 3.05) is 31.1 Å². The van der Waals surface area contributed by atoms with E-state index < -0.39 is 35.4 Å². The lowest BCUT2D eigenvalue weighted by atomic mass is 9.70. The number of unbranched alkanes of at least 4 members (excludes halogenated alkanes) is 1. The lowest BCUT2D eigenvalue weighted by Gasteiger charge is -2.42. The van der Waals surface area contributed by atoms with Gasteiger partial charge in [0, 0.05) is 24.7 Å². The summed E-state index contributed by atoms with van der Waals surface area (Å²) in [5, 5.41) is 22.9. The predicted molar refractivity (Wildman–Crippen MR) is 175 cm³/mol. The van der Waals surface area contributed by atoms with E-state index in [4.69, 9.17) is 22.1 Å². The molecule has 0 saturated heterocycles. The van der Waals surface area contributed by atoms with E-state index in [9.17, 15) is 23.8 Å². The van der Waals surface area contributed by atoms with E-state index in [0.717, 1.165) is 47.5 Å². The number of nitrogens with two attached hydrogens (primary N) is 1. The number of hydrogen-bond donors (Lipinski definition) is 4. The Hall–Kier alpha value is -2.73. The second-order valence-electron chi connectivity index (χ2n) is 11.8. The molecule has 44 heavy (non-hydrogen) atoms. The van der Waals surface area contributed by atoms with Gasteiger partial charge in [-0.05, 0) is 97.7 Å². The largest absolute Gasteiger partial charge is 0.487 e. The van der Waals surface area contributed by atoms with Gasteiger partial charge in [0.05, 0.1) is 18.3 Å². The molecule has 0 aromatic heterocycles. The van der Waals surface area contributed by atoms with Gasteiger partial charge in [-0.15, -0.1) is 13.2 Å². The van der Waals surface area contributed by atoms with Crippen LogP contribution in [0.15, 0.2) is 61.7 Å². The van der Waals surface area contributed by atoms with Gasteiger partial charge in [0.1, 0.15) is 12.4 Å². The number of anilines is 1. The number of carbonyl (C=O) groups excluding carboxylic acids is 1. The molecule has 1 fully saturated rings. The lowest BCUT2D eigenvalue weighted by Crippen LogP contribution is -2.50. The van der Waals surface area contributed by atoms with Gasteiger partial charge in [-0.25, -0.2) is 4.21 Å². The summed E-state index contributed by atoms with van der Waals surface area (Å²) in [6.07, 6.45) is 8.29. The van der Waals surface area contributed by atoms with Gasteiger partial charge in [0.15, 0.2) is 5.60 Å². The molecular formula is C33H44ClN3O6S. The summed E-state index contributed by atoms with van der Waals surface area (Å²) in [6.45, 7) is 8.75. The minimum absolute atomic E-state index is 0.0934. The summed E-state index contributed by atoms with van der Waals surface area (Å²) in [5.41, 5.74) is 6.58. The van der Waals surface area contributed by atoms with E-state index in [0.29, 0.717) is 49.0 Å². The van der Waals surface area contributed by atoms with Crippen LogP contribution in [-0.4, -0.2) is 61.5 Å². The molecule has 2 aromatic carbocycles. The van der Waals surface area contributed by atoms with Crippen molar-refractivity contribution in [3.63, 3.8) is 0 Å². The SMILES string of the molecule is C=CCCCN(CC(O)(C(N)=O)c1ccc2c(c1)N(C[C@@H]1CC[C@H]1[C@@H](O)C=C)CCCCc1cc(Cl)ccc1CO2)S(=O)O. The number of hydrogen-bond acceptors (Lipinski definition) is 6. The summed E-state index contributed by atoms with van der Waals surface area (Å²) in [4.78, 5) is 15.0. The number of aliphatic hydroxyl groups is 2. The van der Waals surface area contributed by atoms with Crippen molar-refractivity contribution in [3.05, 3.63) is 83.4 Å². The highest BCUT2D eigenvalue weighted by Gasteiger charge is 2.41. The van der Waals surface area contributed by atoms with Crippen LogP contribution >= 0.6 is 11.6 Å². The number of carbonyl (C=O) groups is 1. The second kappa shape index (κ2) is 15.5. The Bertz CT molecular complexity index is 1360. The average Bonchev–Trinajstić information content (AvgIpc) is 3.01. The fourth-order valence-corrected chi connectivity index (χ4v) is 6.89. The lowest BCUT2D eigenvalue weighted by molar-refractivity contribution is -0.138. The number of benzene rings is 2. The maximum atomic E-state index is 12.8. The van der Waals surface area contributed by atoms with Gasteiger partial charge < -0.3 is 25.6 Å². The normalized spacial score (nSPS) is 21.3. The Kier molecular flexibility index (Phi) is 12.0. The number of fused-ring (bicyclic) bond motifs is 2. The first-order valence-corrected chi connectivity index (χ1v) is 16.6. The van der Waals surface area contributed by atoms with Crippen molar-refractivity contribution in [1.29, 1.82) is 0 Å². The highest BCUT2D eigenvalue weighted by Crippen LogP contribution is 2.41. The number of rotatable bonds is 13. The first-order valence-electron chi connectivity index (χ1n) is 15.2. The van der Waals surface area contributed by atoms with E-state index in [1.807, 2.05) is 18.2 Å². The van der Waals surface area contributed by atoms with E-state index in [1.165, 1.54) is 0 Å². The number of allylic oxidation sites excluding steroid dienone is 1. The van der Waals surface area contributed by atoms with E-state index >= 15 is 0 Å². The summed E-state index contributed by atoms with van der Waals surface area (Å²) in [7, 11) is 0. The van der Waals surface area contributed by atoms with Crippen molar-refractivity contribution in [2.24, 2.45) is 17.6 Å². The Labute approximate surface area is 267 Å². The molecule has 5 N–H and O–H groups in total. The summed E-state index contributed by atoms with van der Waals surface area (Å²) >= 11 is 3.86. The average molecular weight is 646 g/mol. The first-order chi connectivity index (χ1) is 21.1. The van der Waals surface area contributed by atoms with Crippen molar-refractivity contribution in [1.82, 2.24) is 4.31 Å². The van der Waals surface area contributed by atoms with Crippen molar-refractivity contribution < 1.29 is 28.5 Å². The highest BCUT2D eigenvalue weighted by atomic mass is 35.5. The molecule has 1 aliphatic carbocycles. The molecule has 5 atom stereocenters. The number of primary amides is 1. The van der Waals surface area contributed by atoms with Gasteiger partial charge >= 0.3 is 0 Å². The molecule has 2 aromatic rings. The summed E-state index contributed by atoms with van der Waals surface area (Å²) < 4.78 is 29.7. The van der Waals surface area contributed by atoms with Gasteiger partial charge in [-0.3, -0.25) is 9.35 Å². The van der Waals surface area contributed by atoms with Crippen molar-refractivity contribution >= 4 is 34.5 Å². The second-order valence-corrected chi connectivity index (χ2v) is 13.2. The molecule has 0 radical (unpaired) electrons. The molecule has 1 amide bonds. The Morgan fingerprint density at radius 1 is 1.23 bits per heavy atom. The zero-order valence-corrected chi connectivity index (χ0v) is 26.6. The van der Waals surface area contributed by atoms with E-state index in [2.05, 4.69) is 18.1 Å². The van der Waals surface area contributed by atoms with Crippen LogP contribution < -0.4 is 15.4 Å². The van der Waals surface area contributed by atoms with Gasteiger partial charge in [-0.1, -0.05) is 35.9 Å². The standard InChI is InChI=1S/C33H44ClN3O6S/c1-3-5-7-17-37(44(41)42)22-33(40,32(35)39)26-12-15-31-29(19-26)36(20-24-11-14-28(24)30(38)4-2)16-8-6-9-23-18-27(34)13-10-25(23)21-43-31/h3-4,10,12-13,15,18-19,24,28,30,38,40H,1-2,5-9,11,14,16-17,20-22H2,(H2,35,39)(H,41,42)/t24-,28+,30-,33?/m0/s1. The Morgan fingerprint density at radius 2 is 2.02 bits per heavy atom. The maximum Gasteiger partial charge on any atom is 0.255 e. The fourth-order valence-electron chi connectivity index (χ4n) is 6.12. The third-order valence-electron chi connectivity index (χ3n) is 8.91. The minimum atomic E-state index is -2.44. The topological polar surface area (TPSA) is 137 Å². The fraction of sp³-hybridized carbons (Fsp3) is 0.485. The molecule has 2 unspecified atom stereocenters. The molecule has 1 heterocycles. The summed E-state index contributed by atoms with van der Waals surface area (Å²) in [5.74, 6) is -0.152. The van der Waals surface area contributed by atoms with E-state index in [1.54, 1.807) is 30.4 Å². The number of amides is 1.